The number of nitrogens with zero attached hydrogens (tertiary/aromatic N) is 1. The molecule has 0 aromatic heterocycles. The van der Waals surface area contributed by atoms with E-state index in [-0.39, 0.29) is 4.75 Å². The van der Waals surface area contributed by atoms with E-state index in [1.165, 1.54) is 25.7 Å². The molecule has 0 aromatic rings. The molecule has 1 amide bonds. The van der Waals surface area contributed by atoms with Crippen molar-refractivity contribution in [2.45, 2.75) is 77.1 Å². The smallest absolute Gasteiger partial charge is 0.233 e. The van der Waals surface area contributed by atoms with Crippen LogP contribution in [0.2, 0.25) is 0 Å². The van der Waals surface area contributed by atoms with Crippen LogP contribution < -0.4 is 0 Å². The van der Waals surface area contributed by atoms with Crippen molar-refractivity contribution in [1.82, 2.24) is 4.90 Å². The summed E-state index contributed by atoms with van der Waals surface area (Å²) in [5.41, 5.74) is 0. The van der Waals surface area contributed by atoms with Crippen LogP contribution in [-0.2, 0) is 4.79 Å². The second-order valence-corrected chi connectivity index (χ2v) is 8.04. The van der Waals surface area contributed by atoms with E-state index in [1.54, 1.807) is 11.8 Å². The summed E-state index contributed by atoms with van der Waals surface area (Å²) >= 11 is 1.75. The van der Waals surface area contributed by atoms with E-state index >= 15 is 0 Å². The molecule has 0 heterocycles. The standard InChI is InChI=1S/C14H27NOS/c1-11(2)15(12-8-6-7-9-12)13(16)10-17-14(3,4)5/h11-12H,6-10H2,1-5H3. The lowest BCUT2D eigenvalue weighted by Crippen LogP contribution is -2.44. The zero-order valence-corrected chi connectivity index (χ0v) is 12.8. The lowest BCUT2D eigenvalue weighted by atomic mass is 10.1. The zero-order chi connectivity index (χ0) is 13.1. The van der Waals surface area contributed by atoms with Crippen LogP contribution in [0.5, 0.6) is 0 Å². The van der Waals surface area contributed by atoms with Crippen molar-refractivity contribution in [2.75, 3.05) is 5.75 Å². The summed E-state index contributed by atoms with van der Waals surface area (Å²) in [5.74, 6) is 0.949. The highest BCUT2D eigenvalue weighted by Crippen LogP contribution is 2.28. The molecule has 100 valence electrons. The first-order chi connectivity index (χ1) is 7.81. The Hall–Kier alpha value is -0.180. The van der Waals surface area contributed by atoms with Crippen LogP contribution in [0.4, 0.5) is 0 Å². The van der Waals surface area contributed by atoms with Crippen molar-refractivity contribution < 1.29 is 4.79 Å². The third kappa shape index (κ3) is 4.90. The van der Waals surface area contributed by atoms with Gasteiger partial charge in [0, 0.05) is 16.8 Å². The Labute approximate surface area is 111 Å². The van der Waals surface area contributed by atoms with E-state index in [2.05, 4.69) is 39.5 Å². The largest absolute Gasteiger partial charge is 0.337 e. The van der Waals surface area contributed by atoms with Gasteiger partial charge in [-0.2, -0.15) is 0 Å². The minimum absolute atomic E-state index is 0.175. The topological polar surface area (TPSA) is 20.3 Å². The number of carbonyl (C=O) groups is 1. The number of hydrogen-bond acceptors (Lipinski definition) is 2. The zero-order valence-electron chi connectivity index (χ0n) is 12.0. The van der Waals surface area contributed by atoms with Gasteiger partial charge in [-0.15, -0.1) is 11.8 Å². The fraction of sp³-hybridized carbons (Fsp3) is 0.929. The SMILES string of the molecule is CC(C)N(C(=O)CSC(C)(C)C)C1CCCC1. The first kappa shape index (κ1) is 14.9. The average Bonchev–Trinajstić information content (AvgIpc) is 2.66. The Kier molecular flexibility index (Phi) is 5.36. The van der Waals surface area contributed by atoms with Gasteiger partial charge in [-0.05, 0) is 26.7 Å². The highest BCUT2D eigenvalue weighted by molar-refractivity contribution is 8.01. The molecule has 0 bridgehead atoms. The van der Waals surface area contributed by atoms with E-state index in [0.29, 0.717) is 23.7 Å². The van der Waals surface area contributed by atoms with Crippen LogP contribution in [0.25, 0.3) is 0 Å². The summed E-state index contributed by atoms with van der Waals surface area (Å²) in [6.45, 7) is 10.8. The summed E-state index contributed by atoms with van der Waals surface area (Å²) in [6, 6.07) is 0.842. The molecule has 0 spiro atoms. The number of rotatable bonds is 4. The van der Waals surface area contributed by atoms with Crippen LogP contribution in [0.15, 0.2) is 0 Å². The minimum Gasteiger partial charge on any atom is -0.337 e. The van der Waals surface area contributed by atoms with Gasteiger partial charge in [-0.1, -0.05) is 33.6 Å². The molecule has 1 aliphatic rings. The van der Waals surface area contributed by atoms with Gasteiger partial charge < -0.3 is 4.90 Å². The Morgan fingerprint density at radius 3 is 2.24 bits per heavy atom. The molecule has 0 saturated heterocycles. The number of amides is 1. The average molecular weight is 257 g/mol. The highest BCUT2D eigenvalue weighted by atomic mass is 32.2. The quantitative estimate of drug-likeness (QED) is 0.765. The van der Waals surface area contributed by atoms with Gasteiger partial charge in [0.2, 0.25) is 5.91 Å². The third-order valence-corrected chi connectivity index (χ3v) is 4.45. The van der Waals surface area contributed by atoms with E-state index in [4.69, 9.17) is 0 Å². The molecular formula is C14H27NOS. The van der Waals surface area contributed by atoms with Crippen LogP contribution in [0.1, 0.15) is 60.3 Å². The maximum atomic E-state index is 12.3. The lowest BCUT2D eigenvalue weighted by Gasteiger charge is -2.33. The number of hydrogen-bond donors (Lipinski definition) is 0. The van der Waals surface area contributed by atoms with Gasteiger partial charge in [0.15, 0.2) is 0 Å². The molecule has 17 heavy (non-hydrogen) atoms. The maximum absolute atomic E-state index is 12.3. The van der Waals surface area contributed by atoms with E-state index < -0.39 is 0 Å². The van der Waals surface area contributed by atoms with Gasteiger partial charge in [0.25, 0.3) is 0 Å². The fourth-order valence-corrected chi connectivity index (χ4v) is 3.15. The predicted molar refractivity (Wildman–Crippen MR) is 76.4 cm³/mol. The van der Waals surface area contributed by atoms with Crippen molar-refractivity contribution in [3.63, 3.8) is 0 Å². The molecule has 0 unspecified atom stereocenters. The van der Waals surface area contributed by atoms with Gasteiger partial charge in [-0.3, -0.25) is 4.79 Å². The summed E-state index contributed by atoms with van der Waals surface area (Å²) in [4.78, 5) is 14.5. The molecular weight excluding hydrogens is 230 g/mol. The van der Waals surface area contributed by atoms with Gasteiger partial charge in [0.1, 0.15) is 0 Å². The molecule has 2 nitrogen and oxygen atoms in total. The highest BCUT2D eigenvalue weighted by Gasteiger charge is 2.29. The van der Waals surface area contributed by atoms with Crippen LogP contribution in [0, 0.1) is 0 Å². The van der Waals surface area contributed by atoms with Crippen LogP contribution in [0.3, 0.4) is 0 Å². The molecule has 0 atom stereocenters. The minimum atomic E-state index is 0.175. The molecule has 0 aromatic carbocycles. The monoisotopic (exact) mass is 257 g/mol. The molecule has 0 radical (unpaired) electrons. The van der Waals surface area contributed by atoms with Gasteiger partial charge in [0.05, 0.1) is 5.75 Å². The van der Waals surface area contributed by atoms with Crippen molar-refractivity contribution >= 4 is 17.7 Å². The Morgan fingerprint density at radius 1 is 1.29 bits per heavy atom. The number of thioether (sulfide) groups is 1. The van der Waals surface area contributed by atoms with Crippen molar-refractivity contribution in [1.29, 1.82) is 0 Å². The molecule has 1 saturated carbocycles. The van der Waals surface area contributed by atoms with Crippen molar-refractivity contribution in [3.05, 3.63) is 0 Å². The molecule has 0 aliphatic heterocycles. The molecule has 3 heteroatoms. The molecule has 1 aliphatic carbocycles. The first-order valence-corrected chi connectivity index (χ1v) is 7.75. The second kappa shape index (κ2) is 6.12. The van der Waals surface area contributed by atoms with Crippen molar-refractivity contribution in [2.24, 2.45) is 0 Å². The first-order valence-electron chi connectivity index (χ1n) is 6.76. The van der Waals surface area contributed by atoms with Crippen molar-refractivity contribution in [3.8, 4) is 0 Å². The fourth-order valence-electron chi connectivity index (χ4n) is 2.45. The summed E-state index contributed by atoms with van der Waals surface area (Å²) in [5, 5.41) is 0. The second-order valence-electron chi connectivity index (χ2n) is 6.23. The lowest BCUT2D eigenvalue weighted by molar-refractivity contribution is -0.132. The van der Waals surface area contributed by atoms with Crippen LogP contribution in [-0.4, -0.2) is 33.4 Å². The Morgan fingerprint density at radius 2 is 1.82 bits per heavy atom. The Bertz CT molecular complexity index is 251. The molecule has 1 rings (SSSR count). The van der Waals surface area contributed by atoms with E-state index in [0.717, 1.165) is 0 Å². The number of carbonyl (C=O) groups excluding carboxylic acids is 1. The maximum Gasteiger partial charge on any atom is 0.233 e. The predicted octanol–water partition coefficient (Wildman–Crippen LogP) is 3.70. The molecule has 1 fully saturated rings. The summed E-state index contributed by atoms with van der Waals surface area (Å²) in [7, 11) is 0. The molecule has 0 N–H and O–H groups in total. The van der Waals surface area contributed by atoms with E-state index in [1.807, 2.05) is 0 Å². The van der Waals surface area contributed by atoms with Gasteiger partial charge in [-0.25, -0.2) is 0 Å². The Balaban J connectivity index is 2.55. The van der Waals surface area contributed by atoms with Gasteiger partial charge >= 0.3 is 0 Å². The van der Waals surface area contributed by atoms with E-state index in [9.17, 15) is 4.79 Å². The normalized spacial score (nSPS) is 17.8. The summed E-state index contributed by atoms with van der Waals surface area (Å²) < 4.78 is 0.175. The summed E-state index contributed by atoms with van der Waals surface area (Å²) in [6.07, 6.45) is 4.97. The third-order valence-electron chi connectivity index (χ3n) is 3.19. The van der Waals surface area contributed by atoms with Crippen LogP contribution >= 0.6 is 11.8 Å².